The lowest BCUT2D eigenvalue weighted by atomic mass is 10.0. The van der Waals surface area contributed by atoms with Crippen LogP contribution in [-0.2, 0) is 0 Å². The number of nitrogens with zero attached hydrogens (tertiary/aromatic N) is 3. The number of aryl methyl sites for hydroxylation is 3. The van der Waals surface area contributed by atoms with Crippen LogP contribution in [0.4, 0.5) is 5.82 Å². The van der Waals surface area contributed by atoms with Crippen molar-refractivity contribution in [3.63, 3.8) is 0 Å². The molecular formula is C25H25N5O3. The zero-order valence-corrected chi connectivity index (χ0v) is 18.9. The third kappa shape index (κ3) is 3.58. The molecule has 3 aromatic heterocycles. The molecule has 0 bridgehead atoms. The van der Waals surface area contributed by atoms with Gasteiger partial charge in [-0.2, -0.15) is 0 Å². The monoisotopic (exact) mass is 443 g/mol. The molecule has 0 aliphatic rings. The number of benzene rings is 2. The Morgan fingerprint density at radius 1 is 1.12 bits per heavy atom. The quantitative estimate of drug-likeness (QED) is 0.344. The number of rotatable bonds is 6. The number of ether oxygens (including phenoxy) is 1. The van der Waals surface area contributed by atoms with Gasteiger partial charge in [0.1, 0.15) is 28.8 Å². The average Bonchev–Trinajstić information content (AvgIpc) is 3.34. The first-order valence-electron chi connectivity index (χ1n) is 10.7. The highest BCUT2D eigenvalue weighted by molar-refractivity contribution is 6.12. The molecule has 5 aromatic rings. The minimum Gasteiger partial charge on any atom is -0.496 e. The highest BCUT2D eigenvalue weighted by Gasteiger charge is 2.21. The molecular weight excluding hydrogens is 418 g/mol. The maximum Gasteiger partial charge on any atom is 0.144 e. The Hall–Kier alpha value is -3.91. The van der Waals surface area contributed by atoms with Crippen LogP contribution in [0.1, 0.15) is 28.9 Å². The topological polar surface area (TPSA) is 109 Å². The van der Waals surface area contributed by atoms with Crippen LogP contribution in [0, 0.1) is 20.8 Å². The van der Waals surface area contributed by atoms with Crippen LogP contribution < -0.4 is 10.1 Å². The average molecular weight is 444 g/mol. The molecule has 3 N–H and O–H groups in total. The second-order valence-electron chi connectivity index (χ2n) is 8.06. The number of anilines is 1. The van der Waals surface area contributed by atoms with E-state index in [9.17, 15) is 5.11 Å². The highest BCUT2D eigenvalue weighted by Crippen LogP contribution is 2.41. The molecule has 0 spiro atoms. The van der Waals surface area contributed by atoms with Gasteiger partial charge < -0.3 is 24.7 Å². The van der Waals surface area contributed by atoms with Crippen LogP contribution in [0.25, 0.3) is 33.1 Å². The van der Waals surface area contributed by atoms with Crippen molar-refractivity contribution in [1.82, 2.24) is 20.1 Å². The normalized spacial score (nSPS) is 12.4. The van der Waals surface area contributed by atoms with Gasteiger partial charge in [-0.05, 0) is 38.5 Å². The second kappa shape index (κ2) is 8.22. The molecule has 0 unspecified atom stereocenters. The van der Waals surface area contributed by atoms with Crippen molar-refractivity contribution < 1.29 is 14.4 Å². The van der Waals surface area contributed by atoms with E-state index in [0.717, 1.165) is 44.4 Å². The summed E-state index contributed by atoms with van der Waals surface area (Å²) in [5.41, 5.74) is 5.18. The molecule has 8 nitrogen and oxygen atoms in total. The molecule has 168 valence electrons. The van der Waals surface area contributed by atoms with Crippen molar-refractivity contribution in [2.75, 3.05) is 19.0 Å². The van der Waals surface area contributed by atoms with E-state index in [1.165, 1.54) is 0 Å². The van der Waals surface area contributed by atoms with E-state index < -0.39 is 0 Å². The first kappa shape index (κ1) is 21.0. The van der Waals surface area contributed by atoms with Crippen molar-refractivity contribution in [2.24, 2.45) is 0 Å². The fourth-order valence-corrected chi connectivity index (χ4v) is 4.36. The van der Waals surface area contributed by atoms with Gasteiger partial charge in [0.15, 0.2) is 0 Å². The molecule has 1 atom stereocenters. The summed E-state index contributed by atoms with van der Waals surface area (Å²) in [7, 11) is 1.65. The Kier molecular flexibility index (Phi) is 5.22. The smallest absolute Gasteiger partial charge is 0.144 e. The van der Waals surface area contributed by atoms with Crippen LogP contribution in [0.2, 0.25) is 0 Å². The Bertz CT molecular complexity index is 1440. The van der Waals surface area contributed by atoms with E-state index in [1.807, 2.05) is 63.2 Å². The van der Waals surface area contributed by atoms with E-state index >= 15 is 0 Å². The summed E-state index contributed by atoms with van der Waals surface area (Å²) in [6.07, 6.45) is 0. The molecule has 3 heterocycles. The number of nitrogens with one attached hydrogen (secondary N) is 2. The third-order valence-electron chi connectivity index (χ3n) is 5.88. The number of aromatic nitrogens is 4. The predicted octanol–water partition coefficient (Wildman–Crippen LogP) is 4.85. The largest absolute Gasteiger partial charge is 0.496 e. The lowest BCUT2D eigenvalue weighted by Crippen LogP contribution is -2.16. The van der Waals surface area contributed by atoms with Gasteiger partial charge in [-0.3, -0.25) is 0 Å². The van der Waals surface area contributed by atoms with Gasteiger partial charge in [-0.1, -0.05) is 35.5 Å². The van der Waals surface area contributed by atoms with Crippen LogP contribution in [0.15, 0.2) is 47.0 Å². The lowest BCUT2D eigenvalue weighted by Gasteiger charge is -2.18. The van der Waals surface area contributed by atoms with Gasteiger partial charge in [-0.15, -0.1) is 0 Å². The van der Waals surface area contributed by atoms with E-state index in [-0.39, 0.29) is 12.6 Å². The van der Waals surface area contributed by atoms with E-state index in [4.69, 9.17) is 9.26 Å². The number of hydrogen-bond donors (Lipinski definition) is 3. The van der Waals surface area contributed by atoms with Crippen LogP contribution >= 0.6 is 0 Å². The van der Waals surface area contributed by atoms with Crippen molar-refractivity contribution in [2.45, 2.75) is 26.8 Å². The number of aliphatic hydroxyl groups excluding tert-OH is 1. The molecule has 33 heavy (non-hydrogen) atoms. The first-order valence-corrected chi connectivity index (χ1v) is 10.7. The van der Waals surface area contributed by atoms with Gasteiger partial charge in [-0.25, -0.2) is 9.97 Å². The predicted molar refractivity (Wildman–Crippen MR) is 128 cm³/mol. The molecule has 2 aromatic carbocycles. The molecule has 0 saturated carbocycles. The Balaban J connectivity index is 1.71. The van der Waals surface area contributed by atoms with Crippen LogP contribution in [-0.4, -0.2) is 38.9 Å². The number of aliphatic hydroxyl groups is 1. The zero-order chi connectivity index (χ0) is 23.1. The van der Waals surface area contributed by atoms with Crippen molar-refractivity contribution in [3.05, 3.63) is 65.3 Å². The summed E-state index contributed by atoms with van der Waals surface area (Å²) in [5, 5.41) is 19.3. The second-order valence-corrected chi connectivity index (χ2v) is 8.06. The number of fused-ring (bicyclic) bond motifs is 3. The zero-order valence-electron chi connectivity index (χ0n) is 18.9. The van der Waals surface area contributed by atoms with Crippen molar-refractivity contribution in [1.29, 1.82) is 0 Å². The van der Waals surface area contributed by atoms with E-state index in [0.29, 0.717) is 23.0 Å². The van der Waals surface area contributed by atoms with Crippen LogP contribution in [0.3, 0.4) is 0 Å². The highest BCUT2D eigenvalue weighted by atomic mass is 16.5. The van der Waals surface area contributed by atoms with Crippen LogP contribution in [0.5, 0.6) is 5.75 Å². The summed E-state index contributed by atoms with van der Waals surface area (Å²) in [6, 6.07) is 13.5. The molecule has 0 fully saturated rings. The summed E-state index contributed by atoms with van der Waals surface area (Å²) in [6.45, 7) is 5.58. The number of aromatic amines is 1. The summed E-state index contributed by atoms with van der Waals surface area (Å²) in [5.74, 6) is 2.71. The molecule has 0 aliphatic carbocycles. The fourth-order valence-electron chi connectivity index (χ4n) is 4.36. The maximum atomic E-state index is 10.1. The molecule has 0 saturated heterocycles. The number of H-pyrrole nitrogens is 1. The first-order chi connectivity index (χ1) is 16.0. The Morgan fingerprint density at radius 2 is 1.91 bits per heavy atom. The lowest BCUT2D eigenvalue weighted by molar-refractivity contribution is 0.276. The fraction of sp³-hybridized carbons (Fsp3) is 0.240. The molecule has 5 rings (SSSR count). The van der Waals surface area contributed by atoms with Crippen molar-refractivity contribution >= 4 is 27.8 Å². The van der Waals surface area contributed by atoms with Gasteiger partial charge in [0.05, 0.1) is 36.4 Å². The Labute approximate surface area is 190 Å². The number of hydrogen-bond acceptors (Lipinski definition) is 7. The van der Waals surface area contributed by atoms with Gasteiger partial charge in [0.25, 0.3) is 0 Å². The Morgan fingerprint density at radius 3 is 2.58 bits per heavy atom. The SMILES string of the molecule is COc1cc2c(cc1-c1c(C)noc1C)[nH]c1nc(C)nc(N[C@H](CO)c3ccccc3)c12. The third-order valence-corrected chi connectivity index (χ3v) is 5.88. The minimum absolute atomic E-state index is 0.0730. The molecule has 0 aliphatic heterocycles. The number of methoxy groups -OCH3 is 1. The summed E-state index contributed by atoms with van der Waals surface area (Å²) in [4.78, 5) is 12.7. The standard InChI is InChI=1S/C25H25N5O3/c1-13-22(14(2)33-30-13)18-10-19-17(11-21(18)32-4)23-24(28-19)26-15(3)27-25(23)29-20(12-31)16-8-6-5-7-9-16/h5-11,20,31H,12H2,1-4H3,(H2,26,27,28,29)/t20-/m1/s1. The van der Waals surface area contributed by atoms with Gasteiger partial charge >= 0.3 is 0 Å². The van der Waals surface area contributed by atoms with E-state index in [1.54, 1.807) is 7.11 Å². The van der Waals surface area contributed by atoms with Gasteiger partial charge in [0, 0.05) is 16.5 Å². The van der Waals surface area contributed by atoms with Crippen molar-refractivity contribution in [3.8, 4) is 16.9 Å². The summed E-state index contributed by atoms with van der Waals surface area (Å²) >= 11 is 0. The molecule has 0 radical (unpaired) electrons. The molecule has 8 heteroatoms. The van der Waals surface area contributed by atoms with Gasteiger partial charge in [0.2, 0.25) is 0 Å². The van der Waals surface area contributed by atoms with E-state index in [2.05, 4.69) is 25.4 Å². The molecule has 0 amide bonds. The maximum absolute atomic E-state index is 10.1. The summed E-state index contributed by atoms with van der Waals surface area (Å²) < 4.78 is 11.1. The minimum atomic E-state index is -0.308.